The second-order valence-electron chi connectivity index (χ2n) is 12.2. The highest BCUT2D eigenvalue weighted by Crippen LogP contribution is 2.43. The number of hydrogen-bond donors (Lipinski definition) is 0. The lowest BCUT2D eigenvalue weighted by molar-refractivity contribution is 0.652. The van der Waals surface area contributed by atoms with Crippen molar-refractivity contribution in [2.75, 3.05) is 9.80 Å². The van der Waals surface area contributed by atoms with Gasteiger partial charge in [0.25, 0.3) is 0 Å². The molecule has 4 aromatic carbocycles. The van der Waals surface area contributed by atoms with Crippen molar-refractivity contribution in [1.82, 2.24) is 15.2 Å². The van der Waals surface area contributed by atoms with Gasteiger partial charge in [0.15, 0.2) is 11.4 Å². The molecule has 7 aromatic heterocycles. The minimum absolute atomic E-state index is 0.478. The number of aromatic nitrogens is 3. The summed E-state index contributed by atoms with van der Waals surface area (Å²) in [4.78, 5) is 9.24. The minimum Gasteiger partial charge on any atom is -0.456 e. The molecule has 0 aliphatic rings. The Morgan fingerprint density at radius 1 is 0.431 bits per heavy atom. The van der Waals surface area contributed by atoms with Crippen LogP contribution < -0.4 is 9.80 Å². The van der Waals surface area contributed by atoms with Crippen LogP contribution in [0.15, 0.2) is 151 Å². The third-order valence-corrected chi connectivity index (χ3v) is 10.9. The average molecular weight is 698 g/mol. The van der Waals surface area contributed by atoms with Crippen molar-refractivity contribution < 1.29 is 13.3 Å². The summed E-state index contributed by atoms with van der Waals surface area (Å²) in [5.41, 5.74) is 6.90. The van der Waals surface area contributed by atoms with Crippen molar-refractivity contribution in [2.45, 2.75) is 0 Å². The molecule has 0 N–H and O–H groups in total. The van der Waals surface area contributed by atoms with Gasteiger partial charge in [0, 0.05) is 39.7 Å². The molecule has 0 unspecified atom stereocenters. The Morgan fingerprint density at radius 2 is 1.00 bits per heavy atom. The molecule has 0 fully saturated rings. The number of anilines is 6. The first-order valence-corrected chi connectivity index (χ1v) is 18.1. The second-order valence-corrected chi connectivity index (χ2v) is 14.0. The summed E-state index contributed by atoms with van der Waals surface area (Å²) in [6, 6.07) is 42.8. The van der Waals surface area contributed by atoms with Crippen LogP contribution in [-0.2, 0) is 0 Å². The zero-order chi connectivity index (χ0) is 33.5. The first-order chi connectivity index (χ1) is 25.2. The van der Waals surface area contributed by atoms with Crippen LogP contribution in [0.2, 0.25) is 0 Å². The largest absolute Gasteiger partial charge is 0.456 e. The Bertz CT molecular complexity index is 2860. The SMILES string of the molecule is c1csc(N(c2ccc3c(c2)oc2ccccc23)c2cc3oc4nc(N(c5ccc6c(c5)oc5ccccc56)c5cccs5)ccc4c3nn2)c1. The van der Waals surface area contributed by atoms with E-state index in [1.807, 2.05) is 72.1 Å². The van der Waals surface area contributed by atoms with Crippen molar-refractivity contribution in [3.05, 3.63) is 138 Å². The predicted molar refractivity (Wildman–Crippen MR) is 207 cm³/mol. The number of para-hydroxylation sites is 2. The zero-order valence-corrected chi connectivity index (χ0v) is 28.2. The molecule has 0 aliphatic carbocycles. The average Bonchev–Trinajstić information content (AvgIpc) is 4.01. The van der Waals surface area contributed by atoms with E-state index in [0.29, 0.717) is 28.4 Å². The predicted octanol–water partition coefficient (Wildman–Crippen LogP) is 12.6. The number of pyridine rings is 1. The van der Waals surface area contributed by atoms with Gasteiger partial charge in [0.2, 0.25) is 5.71 Å². The number of thiophene rings is 2. The zero-order valence-electron chi connectivity index (χ0n) is 26.6. The number of furan rings is 3. The topological polar surface area (TPSA) is 84.6 Å². The molecule has 0 atom stereocenters. The molecule has 0 bridgehead atoms. The molecular weight excluding hydrogens is 675 g/mol. The van der Waals surface area contributed by atoms with Gasteiger partial charge in [-0.25, -0.2) is 0 Å². The number of fused-ring (bicyclic) bond motifs is 9. The Hall–Kier alpha value is -6.49. The van der Waals surface area contributed by atoms with E-state index >= 15 is 0 Å². The quantitative estimate of drug-likeness (QED) is 0.170. The Labute approximate surface area is 297 Å². The fourth-order valence-electron chi connectivity index (χ4n) is 6.90. The van der Waals surface area contributed by atoms with E-state index in [-0.39, 0.29) is 0 Å². The van der Waals surface area contributed by atoms with Crippen LogP contribution in [-0.4, -0.2) is 15.2 Å². The highest BCUT2D eigenvalue weighted by Gasteiger charge is 2.22. The van der Waals surface area contributed by atoms with Crippen LogP contribution in [0.25, 0.3) is 66.1 Å². The van der Waals surface area contributed by atoms with E-state index in [1.165, 1.54) is 0 Å². The van der Waals surface area contributed by atoms with Crippen LogP contribution in [0.1, 0.15) is 0 Å². The summed E-state index contributed by atoms with van der Waals surface area (Å²) in [6.45, 7) is 0. The summed E-state index contributed by atoms with van der Waals surface area (Å²) in [5.74, 6) is 1.34. The fourth-order valence-corrected chi connectivity index (χ4v) is 8.42. The summed E-state index contributed by atoms with van der Waals surface area (Å²) >= 11 is 3.25. The summed E-state index contributed by atoms with van der Waals surface area (Å²) in [7, 11) is 0. The Balaban J connectivity index is 1.02. The molecule has 51 heavy (non-hydrogen) atoms. The maximum atomic E-state index is 6.46. The Morgan fingerprint density at radius 3 is 1.61 bits per heavy atom. The van der Waals surface area contributed by atoms with Gasteiger partial charge < -0.3 is 13.3 Å². The lowest BCUT2D eigenvalue weighted by Crippen LogP contribution is -2.10. The lowest BCUT2D eigenvalue weighted by Gasteiger charge is -2.22. The number of nitrogens with zero attached hydrogens (tertiary/aromatic N) is 5. The molecule has 242 valence electrons. The monoisotopic (exact) mass is 697 g/mol. The summed E-state index contributed by atoms with van der Waals surface area (Å²) in [5, 5.41) is 20.6. The fraction of sp³-hybridized carbons (Fsp3) is 0. The van der Waals surface area contributed by atoms with E-state index in [0.717, 1.165) is 70.6 Å². The van der Waals surface area contributed by atoms with Crippen LogP contribution in [0, 0.1) is 0 Å². The molecule has 0 spiro atoms. The third-order valence-electron chi connectivity index (χ3n) is 9.21. The minimum atomic E-state index is 0.478. The molecule has 11 rings (SSSR count). The van der Waals surface area contributed by atoms with E-state index in [1.54, 1.807) is 22.7 Å². The maximum absolute atomic E-state index is 6.46. The van der Waals surface area contributed by atoms with Gasteiger partial charge in [-0.1, -0.05) is 36.4 Å². The number of hydrogen-bond acceptors (Lipinski definition) is 10. The molecule has 7 heterocycles. The van der Waals surface area contributed by atoms with Crippen LogP contribution >= 0.6 is 22.7 Å². The number of rotatable bonds is 6. The lowest BCUT2D eigenvalue weighted by atomic mass is 10.1. The molecule has 0 saturated carbocycles. The molecular formula is C41H23N5O3S2. The highest BCUT2D eigenvalue weighted by molar-refractivity contribution is 7.14. The molecule has 8 nitrogen and oxygen atoms in total. The van der Waals surface area contributed by atoms with E-state index in [2.05, 4.69) is 75.8 Å². The van der Waals surface area contributed by atoms with E-state index < -0.39 is 0 Å². The van der Waals surface area contributed by atoms with Gasteiger partial charge in [-0.15, -0.1) is 32.9 Å². The van der Waals surface area contributed by atoms with Crippen molar-refractivity contribution in [1.29, 1.82) is 0 Å². The van der Waals surface area contributed by atoms with Crippen LogP contribution in [0.4, 0.5) is 33.0 Å². The smallest absolute Gasteiger partial charge is 0.231 e. The first kappa shape index (κ1) is 28.4. The van der Waals surface area contributed by atoms with E-state index in [4.69, 9.17) is 28.4 Å². The second kappa shape index (κ2) is 11.0. The van der Waals surface area contributed by atoms with Gasteiger partial charge >= 0.3 is 0 Å². The molecule has 10 heteroatoms. The van der Waals surface area contributed by atoms with Gasteiger partial charge in [-0.2, -0.15) is 4.98 Å². The van der Waals surface area contributed by atoms with Crippen molar-refractivity contribution in [2.24, 2.45) is 0 Å². The third kappa shape index (κ3) is 4.47. The van der Waals surface area contributed by atoms with E-state index in [9.17, 15) is 0 Å². The molecule has 0 radical (unpaired) electrons. The van der Waals surface area contributed by atoms with Gasteiger partial charge in [0.05, 0.1) is 16.8 Å². The van der Waals surface area contributed by atoms with Crippen molar-refractivity contribution >= 4 is 122 Å². The van der Waals surface area contributed by atoms with Gasteiger partial charge in [0.1, 0.15) is 43.7 Å². The maximum Gasteiger partial charge on any atom is 0.231 e. The molecule has 0 aliphatic heterocycles. The highest BCUT2D eigenvalue weighted by atomic mass is 32.1. The molecule has 0 amide bonds. The Kier molecular flexibility index (Phi) is 6.12. The summed E-state index contributed by atoms with van der Waals surface area (Å²) < 4.78 is 18.9. The van der Waals surface area contributed by atoms with Gasteiger partial charge in [-0.3, -0.25) is 9.80 Å². The van der Waals surface area contributed by atoms with Crippen LogP contribution in [0.5, 0.6) is 0 Å². The number of benzene rings is 4. The van der Waals surface area contributed by atoms with Crippen molar-refractivity contribution in [3.8, 4) is 0 Å². The molecule has 0 saturated heterocycles. The standard InChI is InChI=1S/C41H23N5O3S2/c1-3-9-31-26(7-1)28-15-13-24(21-33(28)47-31)45(38-11-5-19-50-38)36-18-17-30-40-35(49-41(30)42-36)23-37(43-44-40)46(39-12-6-20-51-39)25-14-16-29-27-8-2-4-10-32(27)48-34(29)22-25/h1-23H. The summed E-state index contributed by atoms with van der Waals surface area (Å²) in [6.07, 6.45) is 0. The first-order valence-electron chi connectivity index (χ1n) is 16.3. The normalized spacial score (nSPS) is 11.9. The van der Waals surface area contributed by atoms with Gasteiger partial charge in [-0.05, 0) is 83.6 Å². The molecule has 11 aromatic rings. The van der Waals surface area contributed by atoms with Crippen molar-refractivity contribution in [3.63, 3.8) is 0 Å². The van der Waals surface area contributed by atoms with Crippen LogP contribution in [0.3, 0.4) is 0 Å².